The summed E-state index contributed by atoms with van der Waals surface area (Å²) in [7, 11) is 0. The topological polar surface area (TPSA) is 83.7 Å². The Kier molecular flexibility index (Phi) is 4.49. The summed E-state index contributed by atoms with van der Waals surface area (Å²) in [6.07, 6.45) is 3.02. The molecule has 2 rings (SSSR count). The van der Waals surface area contributed by atoms with E-state index < -0.39 is 16.3 Å². The molecule has 1 atom stereocenters. The van der Waals surface area contributed by atoms with Crippen molar-refractivity contribution in [2.75, 3.05) is 13.1 Å². The first-order valence-electron chi connectivity index (χ1n) is 7.39. The molecule has 0 radical (unpaired) electrons. The van der Waals surface area contributed by atoms with Crippen molar-refractivity contribution in [1.82, 2.24) is 4.90 Å². The zero-order valence-electron chi connectivity index (χ0n) is 12.8. The fraction of sp³-hybridized carbons (Fsp3) is 0.438. The highest BCUT2D eigenvalue weighted by molar-refractivity contribution is 5.84. The highest BCUT2D eigenvalue weighted by atomic mass is 16.6. The Morgan fingerprint density at radius 2 is 2.00 bits per heavy atom. The Morgan fingerprint density at radius 1 is 1.36 bits per heavy atom. The maximum atomic E-state index is 12.0. The molecule has 6 nitrogen and oxygen atoms in total. The number of rotatable bonds is 5. The van der Waals surface area contributed by atoms with Crippen LogP contribution in [0.1, 0.15) is 32.3 Å². The second-order valence-corrected chi connectivity index (χ2v) is 5.40. The quantitative estimate of drug-likeness (QED) is 0.668. The van der Waals surface area contributed by atoms with Gasteiger partial charge in [-0.15, -0.1) is 0 Å². The zero-order valence-corrected chi connectivity index (χ0v) is 12.8. The highest BCUT2D eigenvalue weighted by Crippen LogP contribution is 2.37. The van der Waals surface area contributed by atoms with Crippen molar-refractivity contribution in [2.24, 2.45) is 0 Å². The van der Waals surface area contributed by atoms with Crippen LogP contribution in [0.15, 0.2) is 36.0 Å². The fourth-order valence-electron chi connectivity index (χ4n) is 2.99. The molecule has 118 valence electrons. The molecule has 6 heteroatoms. The molecule has 1 aliphatic rings. The standard InChI is InChI=1S/C16H20N2O4/c1-3-13-11-16(15(19)20,9-10-17(13)4-2)12-5-7-14(8-6-12)18(21)22/h5-8,11H,3-4,9-10H2,1-2H3,(H,19,20). The number of allylic oxidation sites excluding steroid dienone is 1. The molecule has 0 saturated heterocycles. The molecule has 0 saturated carbocycles. The van der Waals surface area contributed by atoms with Crippen LogP contribution in [0.5, 0.6) is 0 Å². The van der Waals surface area contributed by atoms with E-state index in [-0.39, 0.29) is 5.69 Å². The van der Waals surface area contributed by atoms with Crippen LogP contribution in [0.3, 0.4) is 0 Å². The average molecular weight is 304 g/mol. The van der Waals surface area contributed by atoms with Crippen molar-refractivity contribution in [2.45, 2.75) is 32.1 Å². The number of nitro groups is 1. The number of nitrogens with zero attached hydrogens (tertiary/aromatic N) is 2. The molecular weight excluding hydrogens is 284 g/mol. The first-order chi connectivity index (χ1) is 10.4. The number of nitro benzene ring substituents is 1. The van der Waals surface area contributed by atoms with E-state index >= 15 is 0 Å². The first kappa shape index (κ1) is 16.0. The van der Waals surface area contributed by atoms with Crippen LogP contribution in [0.25, 0.3) is 0 Å². The third kappa shape index (κ3) is 2.68. The van der Waals surface area contributed by atoms with Crippen LogP contribution < -0.4 is 0 Å². The van der Waals surface area contributed by atoms with Crippen molar-refractivity contribution < 1.29 is 14.8 Å². The van der Waals surface area contributed by atoms with Crippen LogP contribution in [0.2, 0.25) is 0 Å². The number of hydrogen-bond acceptors (Lipinski definition) is 4. The van der Waals surface area contributed by atoms with Gasteiger partial charge in [-0.05, 0) is 31.4 Å². The molecule has 0 amide bonds. The van der Waals surface area contributed by atoms with Crippen molar-refractivity contribution in [3.05, 3.63) is 51.7 Å². The van der Waals surface area contributed by atoms with Crippen molar-refractivity contribution in [3.8, 4) is 0 Å². The number of benzene rings is 1. The first-order valence-corrected chi connectivity index (χ1v) is 7.39. The zero-order chi connectivity index (χ0) is 16.3. The largest absolute Gasteiger partial charge is 0.480 e. The minimum Gasteiger partial charge on any atom is -0.480 e. The summed E-state index contributed by atoms with van der Waals surface area (Å²) in [5, 5.41) is 20.5. The predicted molar refractivity (Wildman–Crippen MR) is 82.6 cm³/mol. The lowest BCUT2D eigenvalue weighted by molar-refractivity contribution is -0.384. The van der Waals surface area contributed by atoms with E-state index in [0.29, 0.717) is 18.5 Å². The van der Waals surface area contributed by atoms with Crippen molar-refractivity contribution in [1.29, 1.82) is 0 Å². The molecule has 0 aliphatic carbocycles. The summed E-state index contributed by atoms with van der Waals surface area (Å²) >= 11 is 0. The normalized spacial score (nSPS) is 21.4. The summed E-state index contributed by atoms with van der Waals surface area (Å²) in [5.74, 6) is -0.914. The van der Waals surface area contributed by atoms with E-state index in [9.17, 15) is 20.0 Å². The van der Waals surface area contributed by atoms with Gasteiger partial charge in [0.05, 0.1) is 4.92 Å². The molecule has 1 aliphatic heterocycles. The van der Waals surface area contributed by atoms with Gasteiger partial charge in [-0.2, -0.15) is 0 Å². The van der Waals surface area contributed by atoms with Gasteiger partial charge in [-0.3, -0.25) is 14.9 Å². The fourth-order valence-corrected chi connectivity index (χ4v) is 2.99. The SMILES string of the molecule is CCC1=CC(C(=O)O)(c2ccc([N+](=O)[O-])cc2)CCN1CC. The number of carboxylic acid groups (broad SMARTS) is 1. The molecule has 22 heavy (non-hydrogen) atoms. The van der Waals surface area contributed by atoms with Gasteiger partial charge in [-0.1, -0.05) is 19.1 Å². The highest BCUT2D eigenvalue weighted by Gasteiger charge is 2.41. The Hall–Kier alpha value is -2.37. The Morgan fingerprint density at radius 3 is 2.45 bits per heavy atom. The van der Waals surface area contributed by atoms with Gasteiger partial charge in [0.15, 0.2) is 0 Å². The van der Waals surface area contributed by atoms with E-state index in [1.165, 1.54) is 12.1 Å². The number of carboxylic acids is 1. The van der Waals surface area contributed by atoms with Gasteiger partial charge >= 0.3 is 5.97 Å². The molecule has 1 aromatic rings. The van der Waals surface area contributed by atoms with E-state index in [1.807, 2.05) is 19.9 Å². The summed E-state index contributed by atoms with van der Waals surface area (Å²) in [5.41, 5.74) is 0.461. The molecule has 1 N–H and O–H groups in total. The van der Waals surface area contributed by atoms with Gasteiger partial charge < -0.3 is 10.0 Å². The number of hydrogen-bond donors (Lipinski definition) is 1. The van der Waals surface area contributed by atoms with Gasteiger partial charge in [0, 0.05) is 30.9 Å². The van der Waals surface area contributed by atoms with Crippen molar-refractivity contribution in [3.63, 3.8) is 0 Å². The lowest BCUT2D eigenvalue weighted by Crippen LogP contribution is -2.43. The molecule has 1 unspecified atom stereocenters. The average Bonchev–Trinajstić information content (AvgIpc) is 2.53. The van der Waals surface area contributed by atoms with Crippen molar-refractivity contribution >= 4 is 11.7 Å². The number of carbonyl (C=O) groups is 1. The summed E-state index contributed by atoms with van der Waals surface area (Å²) in [6, 6.07) is 5.84. The van der Waals surface area contributed by atoms with E-state index in [4.69, 9.17) is 0 Å². The number of aliphatic carboxylic acids is 1. The Balaban J connectivity index is 2.50. The lowest BCUT2D eigenvalue weighted by Gasteiger charge is -2.38. The lowest BCUT2D eigenvalue weighted by atomic mass is 9.74. The smallest absolute Gasteiger partial charge is 0.318 e. The van der Waals surface area contributed by atoms with Crippen LogP contribution in [-0.4, -0.2) is 34.0 Å². The summed E-state index contributed by atoms with van der Waals surface area (Å²) < 4.78 is 0. The summed E-state index contributed by atoms with van der Waals surface area (Å²) in [4.78, 5) is 24.4. The van der Waals surface area contributed by atoms with Crippen LogP contribution >= 0.6 is 0 Å². The number of non-ortho nitro benzene ring substituents is 1. The van der Waals surface area contributed by atoms with Crippen LogP contribution in [-0.2, 0) is 10.2 Å². The second-order valence-electron chi connectivity index (χ2n) is 5.40. The Labute approximate surface area is 129 Å². The molecule has 0 spiro atoms. The molecule has 1 aromatic carbocycles. The molecular formula is C16H20N2O4. The third-order valence-corrected chi connectivity index (χ3v) is 4.31. The second kappa shape index (κ2) is 6.17. The summed E-state index contributed by atoms with van der Waals surface area (Å²) in [6.45, 7) is 5.56. The molecule has 0 aromatic heterocycles. The van der Waals surface area contributed by atoms with Crippen LogP contribution in [0.4, 0.5) is 5.69 Å². The van der Waals surface area contributed by atoms with Gasteiger partial charge in [0.1, 0.15) is 5.41 Å². The van der Waals surface area contributed by atoms with Crippen LogP contribution in [0, 0.1) is 10.1 Å². The molecule has 1 heterocycles. The maximum Gasteiger partial charge on any atom is 0.318 e. The van der Waals surface area contributed by atoms with Gasteiger partial charge in [-0.25, -0.2) is 0 Å². The molecule has 0 fully saturated rings. The minimum absolute atomic E-state index is 0.0324. The van der Waals surface area contributed by atoms with Gasteiger partial charge in [0.25, 0.3) is 5.69 Å². The van der Waals surface area contributed by atoms with E-state index in [1.54, 1.807) is 12.1 Å². The maximum absolute atomic E-state index is 12.0. The van der Waals surface area contributed by atoms with E-state index in [0.717, 1.165) is 18.7 Å². The minimum atomic E-state index is -1.11. The predicted octanol–water partition coefficient (Wildman–Crippen LogP) is 2.94. The monoisotopic (exact) mass is 304 g/mol. The molecule has 0 bridgehead atoms. The third-order valence-electron chi connectivity index (χ3n) is 4.31. The Bertz CT molecular complexity index is 609. The van der Waals surface area contributed by atoms with Gasteiger partial charge in [0.2, 0.25) is 0 Å². The van der Waals surface area contributed by atoms with E-state index in [2.05, 4.69) is 4.90 Å².